The number of methoxy groups -OCH3 is 2. The first kappa shape index (κ1) is 14.0. The van der Waals surface area contributed by atoms with Gasteiger partial charge in [-0.2, -0.15) is 5.10 Å². The number of anilines is 1. The quantitative estimate of drug-likeness (QED) is 0.663. The Morgan fingerprint density at radius 3 is 2.35 bits per heavy atom. The Balaban J connectivity index is 2.31. The van der Waals surface area contributed by atoms with Gasteiger partial charge in [0.25, 0.3) is 0 Å². The highest BCUT2D eigenvalue weighted by Gasteiger charge is 2.05. The monoisotopic (exact) mass is 242 g/mol. The SMILES string of the molecule is COCCN(CCOC)CCn1ccc(N)n1. The van der Waals surface area contributed by atoms with E-state index < -0.39 is 0 Å². The van der Waals surface area contributed by atoms with E-state index in [9.17, 15) is 0 Å². The highest BCUT2D eigenvalue weighted by molar-refractivity contribution is 5.23. The molecule has 6 nitrogen and oxygen atoms in total. The number of aromatic nitrogens is 2. The van der Waals surface area contributed by atoms with Crippen LogP contribution in [0.2, 0.25) is 0 Å². The maximum Gasteiger partial charge on any atom is 0.145 e. The summed E-state index contributed by atoms with van der Waals surface area (Å²) in [5.74, 6) is 0.560. The number of nitrogens with two attached hydrogens (primary N) is 1. The molecule has 0 amide bonds. The first-order valence-electron chi connectivity index (χ1n) is 5.75. The van der Waals surface area contributed by atoms with Crippen molar-refractivity contribution in [2.45, 2.75) is 6.54 Å². The third-order valence-corrected chi connectivity index (χ3v) is 2.53. The van der Waals surface area contributed by atoms with Crippen LogP contribution in [-0.2, 0) is 16.0 Å². The van der Waals surface area contributed by atoms with E-state index in [1.165, 1.54) is 0 Å². The van der Waals surface area contributed by atoms with Crippen LogP contribution in [-0.4, -0.2) is 61.7 Å². The maximum absolute atomic E-state index is 5.56. The average molecular weight is 242 g/mol. The van der Waals surface area contributed by atoms with E-state index in [0.717, 1.165) is 39.4 Å². The maximum atomic E-state index is 5.56. The van der Waals surface area contributed by atoms with Gasteiger partial charge >= 0.3 is 0 Å². The number of ether oxygens (including phenoxy) is 2. The van der Waals surface area contributed by atoms with Gasteiger partial charge in [-0.3, -0.25) is 9.58 Å². The van der Waals surface area contributed by atoms with Gasteiger partial charge in [0.05, 0.1) is 19.8 Å². The molecule has 0 aromatic carbocycles. The summed E-state index contributed by atoms with van der Waals surface area (Å²) in [4.78, 5) is 2.28. The molecule has 1 rings (SSSR count). The number of rotatable bonds is 9. The molecule has 6 heteroatoms. The van der Waals surface area contributed by atoms with Crippen LogP contribution in [0.5, 0.6) is 0 Å². The molecule has 0 aliphatic carbocycles. The largest absolute Gasteiger partial charge is 0.383 e. The van der Waals surface area contributed by atoms with Crippen LogP contribution in [0.15, 0.2) is 12.3 Å². The van der Waals surface area contributed by atoms with Crippen LogP contribution in [0.25, 0.3) is 0 Å². The minimum absolute atomic E-state index is 0.560. The Kier molecular flexibility index (Phi) is 6.61. The normalized spacial score (nSPS) is 11.2. The molecule has 17 heavy (non-hydrogen) atoms. The van der Waals surface area contributed by atoms with Gasteiger partial charge in [-0.05, 0) is 6.07 Å². The van der Waals surface area contributed by atoms with E-state index in [-0.39, 0.29) is 0 Å². The van der Waals surface area contributed by atoms with Gasteiger partial charge in [0, 0.05) is 40.1 Å². The minimum Gasteiger partial charge on any atom is -0.383 e. The predicted molar refractivity (Wildman–Crippen MR) is 66.8 cm³/mol. The van der Waals surface area contributed by atoms with Gasteiger partial charge in [-0.25, -0.2) is 0 Å². The number of nitrogen functional groups attached to an aromatic ring is 1. The van der Waals surface area contributed by atoms with Gasteiger partial charge < -0.3 is 15.2 Å². The van der Waals surface area contributed by atoms with Gasteiger partial charge in [-0.15, -0.1) is 0 Å². The van der Waals surface area contributed by atoms with Crippen LogP contribution in [0, 0.1) is 0 Å². The lowest BCUT2D eigenvalue weighted by Gasteiger charge is -2.21. The Labute approximate surface area is 102 Å². The molecule has 0 fully saturated rings. The van der Waals surface area contributed by atoms with Crippen LogP contribution < -0.4 is 5.73 Å². The number of hydrogen-bond donors (Lipinski definition) is 1. The van der Waals surface area contributed by atoms with Gasteiger partial charge in [0.2, 0.25) is 0 Å². The van der Waals surface area contributed by atoms with Gasteiger partial charge in [-0.1, -0.05) is 0 Å². The zero-order valence-corrected chi connectivity index (χ0v) is 10.6. The fourth-order valence-electron chi connectivity index (χ4n) is 1.52. The van der Waals surface area contributed by atoms with Crippen LogP contribution in [0.3, 0.4) is 0 Å². The summed E-state index contributed by atoms with van der Waals surface area (Å²) >= 11 is 0. The van der Waals surface area contributed by atoms with Crippen molar-refractivity contribution in [2.24, 2.45) is 0 Å². The molecule has 0 saturated heterocycles. The molecular formula is C11H22N4O2. The molecule has 0 bridgehead atoms. The van der Waals surface area contributed by atoms with E-state index in [4.69, 9.17) is 15.2 Å². The third-order valence-electron chi connectivity index (χ3n) is 2.53. The first-order chi connectivity index (χ1) is 8.26. The molecule has 98 valence electrons. The standard InChI is InChI=1S/C11H22N4O2/c1-16-9-7-14(8-10-17-2)5-6-15-4-3-11(12)13-15/h3-4H,5-10H2,1-2H3,(H2,12,13). The second-order valence-electron chi connectivity index (χ2n) is 3.83. The first-order valence-corrected chi connectivity index (χ1v) is 5.75. The molecular weight excluding hydrogens is 220 g/mol. The van der Waals surface area contributed by atoms with Crippen molar-refractivity contribution >= 4 is 5.82 Å². The minimum atomic E-state index is 0.560. The average Bonchev–Trinajstić information content (AvgIpc) is 2.74. The predicted octanol–water partition coefficient (Wildman–Crippen LogP) is 0.0601. The highest BCUT2D eigenvalue weighted by Crippen LogP contribution is 1.97. The second-order valence-corrected chi connectivity index (χ2v) is 3.83. The lowest BCUT2D eigenvalue weighted by atomic mass is 10.4. The highest BCUT2D eigenvalue weighted by atomic mass is 16.5. The molecule has 0 saturated carbocycles. The van der Waals surface area contributed by atoms with Gasteiger partial charge in [0.15, 0.2) is 0 Å². The Morgan fingerprint density at radius 2 is 1.88 bits per heavy atom. The fourth-order valence-corrected chi connectivity index (χ4v) is 1.52. The second kappa shape index (κ2) is 8.05. The Bertz CT molecular complexity index is 295. The topological polar surface area (TPSA) is 65.5 Å². The van der Waals surface area contributed by atoms with Crippen molar-refractivity contribution < 1.29 is 9.47 Å². The lowest BCUT2D eigenvalue weighted by Crippen LogP contribution is -2.33. The lowest BCUT2D eigenvalue weighted by molar-refractivity contribution is 0.111. The number of nitrogens with zero attached hydrogens (tertiary/aromatic N) is 3. The van der Waals surface area contributed by atoms with E-state index in [2.05, 4.69) is 10.00 Å². The summed E-state index contributed by atoms with van der Waals surface area (Å²) in [6, 6.07) is 1.80. The summed E-state index contributed by atoms with van der Waals surface area (Å²) in [5.41, 5.74) is 5.56. The van der Waals surface area contributed by atoms with E-state index in [1.807, 2.05) is 10.9 Å². The van der Waals surface area contributed by atoms with Crippen LogP contribution >= 0.6 is 0 Å². The van der Waals surface area contributed by atoms with Crippen LogP contribution in [0.1, 0.15) is 0 Å². The van der Waals surface area contributed by atoms with Crippen molar-refractivity contribution in [1.82, 2.24) is 14.7 Å². The summed E-state index contributed by atoms with van der Waals surface area (Å²) in [6.45, 7) is 4.99. The molecule has 1 aromatic heterocycles. The molecule has 0 atom stereocenters. The van der Waals surface area contributed by atoms with Gasteiger partial charge in [0.1, 0.15) is 5.82 Å². The Hall–Kier alpha value is -1.11. The molecule has 0 spiro atoms. The molecule has 0 aliphatic heterocycles. The van der Waals surface area contributed by atoms with Crippen molar-refractivity contribution in [3.8, 4) is 0 Å². The fraction of sp³-hybridized carbons (Fsp3) is 0.727. The van der Waals surface area contributed by atoms with E-state index in [0.29, 0.717) is 5.82 Å². The molecule has 1 aromatic rings. The molecule has 2 N–H and O–H groups in total. The molecule has 0 radical (unpaired) electrons. The van der Waals surface area contributed by atoms with Crippen LogP contribution in [0.4, 0.5) is 5.82 Å². The van der Waals surface area contributed by atoms with Crippen molar-refractivity contribution in [2.75, 3.05) is 52.8 Å². The summed E-state index contributed by atoms with van der Waals surface area (Å²) in [7, 11) is 3.42. The zero-order chi connectivity index (χ0) is 12.5. The Morgan fingerprint density at radius 1 is 1.24 bits per heavy atom. The number of hydrogen-bond acceptors (Lipinski definition) is 5. The summed E-state index contributed by atoms with van der Waals surface area (Å²) < 4.78 is 12.0. The zero-order valence-electron chi connectivity index (χ0n) is 10.6. The summed E-state index contributed by atoms with van der Waals surface area (Å²) in [6.07, 6.45) is 1.89. The summed E-state index contributed by atoms with van der Waals surface area (Å²) in [5, 5.41) is 4.15. The van der Waals surface area contributed by atoms with Crippen molar-refractivity contribution in [1.29, 1.82) is 0 Å². The third kappa shape index (κ3) is 5.67. The van der Waals surface area contributed by atoms with Crippen molar-refractivity contribution in [3.05, 3.63) is 12.3 Å². The van der Waals surface area contributed by atoms with Crippen molar-refractivity contribution in [3.63, 3.8) is 0 Å². The molecule has 0 aliphatic rings. The van der Waals surface area contributed by atoms with E-state index in [1.54, 1.807) is 20.3 Å². The molecule has 0 unspecified atom stereocenters. The van der Waals surface area contributed by atoms with E-state index >= 15 is 0 Å². The smallest absolute Gasteiger partial charge is 0.145 e. The molecule has 1 heterocycles.